The van der Waals surface area contributed by atoms with Crippen LogP contribution in [0, 0.1) is 0 Å². The molecule has 5 nitrogen and oxygen atoms in total. The van der Waals surface area contributed by atoms with Crippen molar-refractivity contribution in [3.63, 3.8) is 0 Å². The van der Waals surface area contributed by atoms with Crippen LogP contribution in [0.2, 0.25) is 0 Å². The largest absolute Gasteiger partial charge is 0.456 e. The molecule has 0 amide bonds. The molecule has 0 atom stereocenters. The van der Waals surface area contributed by atoms with E-state index in [0.29, 0.717) is 17.5 Å². The fourth-order valence-electron chi connectivity index (χ4n) is 10.9. The van der Waals surface area contributed by atoms with Gasteiger partial charge < -0.3 is 8.83 Å². The van der Waals surface area contributed by atoms with Crippen LogP contribution in [0.4, 0.5) is 0 Å². The summed E-state index contributed by atoms with van der Waals surface area (Å²) in [5.74, 6) is 1.73. The Bertz CT molecular complexity index is 3830. The molecular weight excluding hydrogens is 771 g/mol. The van der Waals surface area contributed by atoms with Crippen molar-refractivity contribution in [2.45, 2.75) is 5.41 Å². The number of benzene rings is 9. The van der Waals surface area contributed by atoms with Crippen LogP contribution < -0.4 is 0 Å². The minimum atomic E-state index is -0.422. The summed E-state index contributed by atoms with van der Waals surface area (Å²) in [6, 6.07) is 70.8. The lowest BCUT2D eigenvalue weighted by Crippen LogP contribution is -2.25. The Kier molecular flexibility index (Phi) is 6.97. The van der Waals surface area contributed by atoms with Crippen molar-refractivity contribution >= 4 is 43.9 Å². The van der Waals surface area contributed by atoms with Crippen molar-refractivity contribution < 1.29 is 8.83 Å². The second kappa shape index (κ2) is 12.8. The molecule has 0 saturated carbocycles. The zero-order valence-corrected chi connectivity index (χ0v) is 33.7. The summed E-state index contributed by atoms with van der Waals surface area (Å²) in [5.41, 5.74) is 18.1. The minimum Gasteiger partial charge on any atom is -0.456 e. The van der Waals surface area contributed by atoms with E-state index < -0.39 is 5.41 Å². The Labute approximate surface area is 361 Å². The first kappa shape index (κ1) is 34.3. The van der Waals surface area contributed by atoms with Crippen LogP contribution in [0.25, 0.3) is 111 Å². The molecule has 0 saturated heterocycles. The molecule has 0 unspecified atom stereocenters. The summed E-state index contributed by atoms with van der Waals surface area (Å²) in [4.78, 5) is 15.6. The number of hydrogen-bond donors (Lipinski definition) is 0. The highest BCUT2D eigenvalue weighted by Crippen LogP contribution is 2.64. The summed E-state index contributed by atoms with van der Waals surface area (Å²) < 4.78 is 13.0. The predicted molar refractivity (Wildman–Crippen MR) is 252 cm³/mol. The molecule has 0 bridgehead atoms. The normalized spacial score (nSPS) is 13.2. The van der Waals surface area contributed by atoms with Gasteiger partial charge in [0.1, 0.15) is 22.3 Å². The van der Waals surface area contributed by atoms with Gasteiger partial charge in [0.15, 0.2) is 17.5 Å². The second-order valence-corrected chi connectivity index (χ2v) is 16.6. The number of rotatable bonds is 4. The van der Waals surface area contributed by atoms with Gasteiger partial charge in [-0.25, -0.2) is 15.0 Å². The van der Waals surface area contributed by atoms with Crippen molar-refractivity contribution in [3.05, 3.63) is 222 Å². The van der Waals surface area contributed by atoms with Crippen molar-refractivity contribution in [3.8, 4) is 67.5 Å². The Morgan fingerprint density at radius 1 is 0.302 bits per heavy atom. The van der Waals surface area contributed by atoms with E-state index in [1.165, 1.54) is 50.1 Å². The van der Waals surface area contributed by atoms with Crippen molar-refractivity contribution in [1.82, 2.24) is 15.0 Å². The maximum Gasteiger partial charge on any atom is 0.164 e. The molecule has 2 aliphatic rings. The molecule has 9 aromatic carbocycles. The molecule has 5 heteroatoms. The van der Waals surface area contributed by atoms with Crippen LogP contribution in [0.3, 0.4) is 0 Å². The Morgan fingerprint density at radius 2 is 0.778 bits per heavy atom. The molecular formula is C58H33N3O2. The van der Waals surface area contributed by atoms with Gasteiger partial charge in [0.2, 0.25) is 0 Å². The topological polar surface area (TPSA) is 65.0 Å². The van der Waals surface area contributed by atoms with E-state index in [2.05, 4.69) is 127 Å². The molecule has 0 aliphatic heterocycles. The summed E-state index contributed by atoms with van der Waals surface area (Å²) in [5, 5.41) is 3.95. The van der Waals surface area contributed by atoms with Crippen molar-refractivity contribution in [2.75, 3.05) is 0 Å². The Balaban J connectivity index is 0.997. The zero-order chi connectivity index (χ0) is 41.2. The van der Waals surface area contributed by atoms with E-state index in [9.17, 15) is 0 Å². The van der Waals surface area contributed by atoms with Gasteiger partial charge in [-0.3, -0.25) is 0 Å². The van der Waals surface area contributed by atoms with E-state index in [1.807, 2.05) is 72.8 Å². The first-order valence-corrected chi connectivity index (χ1v) is 21.3. The lowest BCUT2D eigenvalue weighted by Gasteiger charge is -2.30. The quantitative estimate of drug-likeness (QED) is 0.177. The summed E-state index contributed by atoms with van der Waals surface area (Å²) in [7, 11) is 0. The smallest absolute Gasteiger partial charge is 0.164 e. The fourth-order valence-corrected chi connectivity index (χ4v) is 10.9. The van der Waals surface area contributed by atoms with Crippen LogP contribution in [0.5, 0.6) is 0 Å². The van der Waals surface area contributed by atoms with Crippen LogP contribution in [-0.2, 0) is 5.41 Å². The minimum absolute atomic E-state index is 0.422. The predicted octanol–water partition coefficient (Wildman–Crippen LogP) is 14.7. The SMILES string of the molecule is c1ccc(-c2nc(-c3cccc4oc5ccccc5c34)nc(-c3cccc4oc5ccc(-c6cccc7c6-c6ccccc6C76c7ccccc7-c7ccccc76)cc5c34)n2)cc1. The van der Waals surface area contributed by atoms with Gasteiger partial charge in [0.25, 0.3) is 0 Å². The lowest BCUT2D eigenvalue weighted by atomic mass is 9.70. The van der Waals surface area contributed by atoms with Gasteiger partial charge >= 0.3 is 0 Å². The monoisotopic (exact) mass is 803 g/mol. The van der Waals surface area contributed by atoms with Gasteiger partial charge in [-0.05, 0) is 86.0 Å². The molecule has 63 heavy (non-hydrogen) atoms. The number of nitrogens with zero attached hydrogens (tertiary/aromatic N) is 3. The van der Waals surface area contributed by atoms with Crippen molar-refractivity contribution in [1.29, 1.82) is 0 Å². The van der Waals surface area contributed by atoms with Crippen LogP contribution in [-0.4, -0.2) is 15.0 Å². The standard InChI is InChI=1S/C58H33N3O2/c1-2-15-34(16-3-1)55-59-56(41-22-13-29-50-53(41)40-20-7-11-28-48(40)62-50)61-57(60-55)42-23-14-30-51-54(42)43-33-35(31-32-49(43)63-51)36-21-12-27-47-52(36)39-19-6-10-26-46(39)58(47)44-24-8-4-17-37(44)38-18-5-9-25-45(38)58/h1-33H. The molecule has 3 heterocycles. The van der Waals surface area contributed by atoms with E-state index in [-0.39, 0.29) is 0 Å². The molecule has 292 valence electrons. The van der Waals surface area contributed by atoms with Gasteiger partial charge in [0.05, 0.1) is 5.41 Å². The second-order valence-electron chi connectivity index (χ2n) is 16.6. The molecule has 0 fully saturated rings. The Morgan fingerprint density at radius 3 is 1.48 bits per heavy atom. The van der Waals surface area contributed by atoms with E-state index in [0.717, 1.165) is 66.1 Å². The molecule has 2 aliphatic carbocycles. The van der Waals surface area contributed by atoms with Crippen molar-refractivity contribution in [2.24, 2.45) is 0 Å². The third kappa shape index (κ3) is 4.68. The van der Waals surface area contributed by atoms with Gasteiger partial charge in [-0.15, -0.1) is 0 Å². The molecule has 0 N–H and O–H groups in total. The van der Waals surface area contributed by atoms with Crippen LogP contribution in [0.1, 0.15) is 22.3 Å². The van der Waals surface area contributed by atoms with Crippen LogP contribution in [0.15, 0.2) is 209 Å². The third-order valence-corrected chi connectivity index (χ3v) is 13.4. The van der Waals surface area contributed by atoms with Gasteiger partial charge in [0, 0.05) is 38.2 Å². The highest BCUT2D eigenvalue weighted by molar-refractivity contribution is 6.14. The average molecular weight is 804 g/mol. The van der Waals surface area contributed by atoms with E-state index in [4.69, 9.17) is 23.8 Å². The molecule has 3 aromatic heterocycles. The highest BCUT2D eigenvalue weighted by Gasteiger charge is 2.52. The third-order valence-electron chi connectivity index (χ3n) is 13.4. The fraction of sp³-hybridized carbons (Fsp3) is 0.0172. The number of fused-ring (bicyclic) bond motifs is 16. The maximum absolute atomic E-state index is 6.65. The summed E-state index contributed by atoms with van der Waals surface area (Å²) in [6.07, 6.45) is 0. The van der Waals surface area contributed by atoms with Gasteiger partial charge in [-0.1, -0.05) is 170 Å². The summed E-state index contributed by atoms with van der Waals surface area (Å²) >= 11 is 0. The van der Waals surface area contributed by atoms with E-state index in [1.54, 1.807) is 0 Å². The first-order chi connectivity index (χ1) is 31.2. The molecule has 1 spiro atoms. The summed E-state index contributed by atoms with van der Waals surface area (Å²) in [6.45, 7) is 0. The molecule has 12 aromatic rings. The maximum atomic E-state index is 6.65. The van der Waals surface area contributed by atoms with Crippen LogP contribution >= 0.6 is 0 Å². The zero-order valence-electron chi connectivity index (χ0n) is 33.7. The lowest BCUT2D eigenvalue weighted by molar-refractivity contribution is 0.668. The van der Waals surface area contributed by atoms with E-state index >= 15 is 0 Å². The highest BCUT2D eigenvalue weighted by atomic mass is 16.3. The molecule has 0 radical (unpaired) electrons. The Hall–Kier alpha value is -8.41. The number of para-hydroxylation sites is 1. The number of aromatic nitrogens is 3. The molecule has 14 rings (SSSR count). The average Bonchev–Trinajstić information content (AvgIpc) is 4.09. The van der Waals surface area contributed by atoms with Gasteiger partial charge in [-0.2, -0.15) is 0 Å². The number of hydrogen-bond acceptors (Lipinski definition) is 5. The first-order valence-electron chi connectivity index (χ1n) is 21.3. The number of furan rings is 2.